The van der Waals surface area contributed by atoms with Crippen molar-refractivity contribution in [3.05, 3.63) is 59.7 Å². The van der Waals surface area contributed by atoms with Crippen LogP contribution in [0.5, 0.6) is 0 Å². The van der Waals surface area contributed by atoms with Gasteiger partial charge >= 0.3 is 0 Å². The van der Waals surface area contributed by atoms with Gasteiger partial charge in [-0.3, -0.25) is 9.59 Å². The lowest BCUT2D eigenvalue weighted by Crippen LogP contribution is -2.51. The van der Waals surface area contributed by atoms with Gasteiger partial charge in [0.25, 0.3) is 5.91 Å². The van der Waals surface area contributed by atoms with Gasteiger partial charge in [-0.25, -0.2) is 0 Å². The summed E-state index contributed by atoms with van der Waals surface area (Å²) in [4.78, 5) is 28.4. The SMILES string of the molecule is CN(C)c1ccc(NC(=O)C23CC4CC(CC(C4)C2)C3)cc1C(=O)NCc1ccccc1. The van der Waals surface area contributed by atoms with Crippen molar-refractivity contribution in [2.24, 2.45) is 23.2 Å². The topological polar surface area (TPSA) is 61.4 Å². The molecule has 2 aromatic rings. The molecule has 0 heterocycles. The summed E-state index contributed by atoms with van der Waals surface area (Å²) in [6.45, 7) is 0.469. The van der Waals surface area contributed by atoms with Crippen molar-refractivity contribution in [3.63, 3.8) is 0 Å². The summed E-state index contributed by atoms with van der Waals surface area (Å²) in [6, 6.07) is 15.6. The Morgan fingerprint density at radius 3 is 2.16 bits per heavy atom. The molecule has 0 atom stereocenters. The van der Waals surface area contributed by atoms with E-state index < -0.39 is 0 Å². The molecule has 5 heteroatoms. The first-order valence-corrected chi connectivity index (χ1v) is 11.9. The zero-order valence-electron chi connectivity index (χ0n) is 19.1. The van der Waals surface area contributed by atoms with E-state index in [4.69, 9.17) is 0 Å². The summed E-state index contributed by atoms with van der Waals surface area (Å²) in [7, 11) is 3.86. The second-order valence-electron chi connectivity index (χ2n) is 10.4. The zero-order valence-corrected chi connectivity index (χ0v) is 19.1. The van der Waals surface area contributed by atoms with Gasteiger partial charge in [0.15, 0.2) is 0 Å². The van der Waals surface area contributed by atoms with E-state index >= 15 is 0 Å². The highest BCUT2D eigenvalue weighted by Crippen LogP contribution is 2.60. The van der Waals surface area contributed by atoms with Crippen LogP contribution in [0.3, 0.4) is 0 Å². The molecule has 0 saturated heterocycles. The van der Waals surface area contributed by atoms with Gasteiger partial charge in [-0.15, -0.1) is 0 Å². The number of rotatable bonds is 6. The first kappa shape index (κ1) is 21.0. The Balaban J connectivity index is 1.33. The third-order valence-corrected chi connectivity index (χ3v) is 7.80. The van der Waals surface area contributed by atoms with Crippen LogP contribution in [0.4, 0.5) is 11.4 Å². The van der Waals surface area contributed by atoms with Crippen LogP contribution >= 0.6 is 0 Å². The van der Waals surface area contributed by atoms with Gasteiger partial charge in [-0.05, 0) is 80.0 Å². The Hall–Kier alpha value is -2.82. The van der Waals surface area contributed by atoms with E-state index in [1.165, 1.54) is 19.3 Å². The van der Waals surface area contributed by atoms with Gasteiger partial charge in [0.1, 0.15) is 0 Å². The fraction of sp³-hybridized carbons (Fsp3) is 0.481. The molecule has 0 aromatic heterocycles. The second kappa shape index (κ2) is 8.27. The molecule has 0 aliphatic heterocycles. The highest BCUT2D eigenvalue weighted by Gasteiger charge is 2.54. The Bertz CT molecular complexity index is 980. The molecule has 6 rings (SSSR count). The lowest BCUT2D eigenvalue weighted by Gasteiger charge is -2.55. The number of anilines is 2. The molecule has 4 bridgehead atoms. The second-order valence-corrected chi connectivity index (χ2v) is 10.4. The summed E-state index contributed by atoms with van der Waals surface area (Å²) in [5.41, 5.74) is 2.97. The molecule has 0 unspecified atom stereocenters. The van der Waals surface area contributed by atoms with Crippen LogP contribution in [0, 0.1) is 23.2 Å². The first-order valence-electron chi connectivity index (χ1n) is 11.9. The Kier molecular flexibility index (Phi) is 5.44. The monoisotopic (exact) mass is 431 g/mol. The van der Waals surface area contributed by atoms with Crippen LogP contribution in [-0.2, 0) is 11.3 Å². The first-order chi connectivity index (χ1) is 15.4. The van der Waals surface area contributed by atoms with Crippen molar-refractivity contribution < 1.29 is 9.59 Å². The van der Waals surface area contributed by atoms with Crippen molar-refractivity contribution in [2.75, 3.05) is 24.3 Å². The van der Waals surface area contributed by atoms with E-state index in [0.717, 1.165) is 48.3 Å². The highest BCUT2D eigenvalue weighted by molar-refractivity contribution is 6.02. The van der Waals surface area contributed by atoms with Gasteiger partial charge in [-0.2, -0.15) is 0 Å². The summed E-state index contributed by atoms with van der Waals surface area (Å²) in [6.07, 6.45) is 7.04. The standard InChI is InChI=1S/C27H33N3O2/c1-30(2)24-9-8-22(13-23(24)25(31)28-17-18-6-4-3-5-7-18)29-26(32)27-14-19-10-20(15-27)12-21(11-19)16-27/h3-9,13,19-21H,10-12,14-17H2,1-2H3,(H,28,31)(H,29,32). The number of hydrogen-bond donors (Lipinski definition) is 2. The predicted octanol–water partition coefficient (Wildman–Crippen LogP) is 4.84. The molecule has 32 heavy (non-hydrogen) atoms. The molecule has 4 saturated carbocycles. The predicted molar refractivity (Wildman–Crippen MR) is 128 cm³/mol. The minimum absolute atomic E-state index is 0.136. The average molecular weight is 432 g/mol. The van der Waals surface area contributed by atoms with Crippen LogP contribution in [0.15, 0.2) is 48.5 Å². The summed E-state index contributed by atoms with van der Waals surface area (Å²) < 4.78 is 0. The van der Waals surface area contributed by atoms with E-state index in [0.29, 0.717) is 17.8 Å². The molecule has 0 spiro atoms. The maximum atomic E-state index is 13.5. The molecule has 2 amide bonds. The molecule has 2 aromatic carbocycles. The van der Waals surface area contributed by atoms with Crippen LogP contribution in [0.1, 0.15) is 54.4 Å². The Morgan fingerprint density at radius 1 is 0.938 bits per heavy atom. The zero-order chi connectivity index (χ0) is 22.3. The number of carbonyl (C=O) groups excluding carboxylic acids is 2. The lowest BCUT2D eigenvalue weighted by molar-refractivity contribution is -0.140. The molecule has 4 aliphatic rings. The highest BCUT2D eigenvalue weighted by atomic mass is 16.2. The van der Waals surface area contributed by atoms with Crippen LogP contribution in [0.2, 0.25) is 0 Å². The lowest BCUT2D eigenvalue weighted by atomic mass is 9.49. The van der Waals surface area contributed by atoms with E-state index in [-0.39, 0.29) is 17.2 Å². The number of amides is 2. The largest absolute Gasteiger partial charge is 0.377 e. The maximum absolute atomic E-state index is 13.5. The number of hydrogen-bond acceptors (Lipinski definition) is 3. The van der Waals surface area contributed by atoms with Crippen LogP contribution in [-0.4, -0.2) is 25.9 Å². The fourth-order valence-electron chi connectivity index (χ4n) is 6.71. The Labute approximate surface area is 190 Å². The van der Waals surface area contributed by atoms with E-state index in [1.807, 2.05) is 67.5 Å². The molecule has 5 nitrogen and oxygen atoms in total. The number of nitrogens with one attached hydrogen (secondary N) is 2. The normalized spacial score (nSPS) is 27.8. The van der Waals surface area contributed by atoms with Gasteiger partial charge < -0.3 is 15.5 Å². The van der Waals surface area contributed by atoms with Gasteiger partial charge in [0.05, 0.1) is 11.0 Å². The average Bonchev–Trinajstić information content (AvgIpc) is 2.77. The molecule has 168 valence electrons. The molecule has 4 fully saturated rings. The van der Waals surface area contributed by atoms with Crippen LogP contribution < -0.4 is 15.5 Å². The third-order valence-electron chi connectivity index (χ3n) is 7.80. The minimum atomic E-state index is -0.204. The maximum Gasteiger partial charge on any atom is 0.253 e. The third kappa shape index (κ3) is 4.01. The molecular formula is C27H33N3O2. The number of benzene rings is 2. The summed E-state index contributed by atoms with van der Waals surface area (Å²) in [5, 5.41) is 6.22. The minimum Gasteiger partial charge on any atom is -0.377 e. The molecule has 0 radical (unpaired) electrons. The smallest absolute Gasteiger partial charge is 0.253 e. The van der Waals surface area contributed by atoms with Crippen molar-refractivity contribution in [3.8, 4) is 0 Å². The summed E-state index contributed by atoms with van der Waals surface area (Å²) >= 11 is 0. The van der Waals surface area contributed by atoms with Gasteiger partial charge in [-0.1, -0.05) is 30.3 Å². The molecular weight excluding hydrogens is 398 g/mol. The van der Waals surface area contributed by atoms with Crippen LogP contribution in [0.25, 0.3) is 0 Å². The van der Waals surface area contributed by atoms with E-state index in [1.54, 1.807) is 0 Å². The Morgan fingerprint density at radius 2 is 1.56 bits per heavy atom. The van der Waals surface area contributed by atoms with Crippen molar-refractivity contribution >= 4 is 23.2 Å². The number of carbonyl (C=O) groups is 2. The molecule has 4 aliphatic carbocycles. The quantitative estimate of drug-likeness (QED) is 0.688. The van der Waals surface area contributed by atoms with Gasteiger partial charge in [0, 0.05) is 32.0 Å². The van der Waals surface area contributed by atoms with Crippen molar-refractivity contribution in [1.82, 2.24) is 5.32 Å². The van der Waals surface area contributed by atoms with Crippen molar-refractivity contribution in [2.45, 2.75) is 45.1 Å². The van der Waals surface area contributed by atoms with Crippen molar-refractivity contribution in [1.29, 1.82) is 0 Å². The number of nitrogens with zero attached hydrogens (tertiary/aromatic N) is 1. The van der Waals surface area contributed by atoms with Gasteiger partial charge in [0.2, 0.25) is 5.91 Å². The van der Waals surface area contributed by atoms with E-state index in [9.17, 15) is 9.59 Å². The molecule has 2 N–H and O–H groups in total. The fourth-order valence-corrected chi connectivity index (χ4v) is 6.71. The van der Waals surface area contributed by atoms with E-state index in [2.05, 4.69) is 10.6 Å². The summed E-state index contributed by atoms with van der Waals surface area (Å²) in [5.74, 6) is 2.20.